The molecule has 1 nitrogen and oxygen atoms in total. The van der Waals surface area contributed by atoms with Crippen molar-refractivity contribution in [2.45, 2.75) is 32.6 Å². The molecule has 11 heavy (non-hydrogen) atoms. The summed E-state index contributed by atoms with van der Waals surface area (Å²) in [6.07, 6.45) is 0.890. The molecule has 0 aliphatic rings. The number of rotatable bonds is 2. The molecule has 1 atom stereocenters. The lowest BCUT2D eigenvalue weighted by molar-refractivity contribution is 0.911. The summed E-state index contributed by atoms with van der Waals surface area (Å²) in [5.41, 5.74) is 1.14. The second-order valence-electron chi connectivity index (χ2n) is 2.73. The van der Waals surface area contributed by atoms with Crippen LogP contribution in [0.2, 0.25) is 0 Å². The molecule has 1 rings (SSSR count). The van der Waals surface area contributed by atoms with Gasteiger partial charge in [-0.2, -0.15) is 0 Å². The van der Waals surface area contributed by atoms with E-state index in [9.17, 15) is 0 Å². The highest BCUT2D eigenvalue weighted by molar-refractivity contribution is 7.11. The van der Waals surface area contributed by atoms with Gasteiger partial charge < -0.3 is 0 Å². The van der Waals surface area contributed by atoms with Crippen molar-refractivity contribution in [2.24, 2.45) is 0 Å². The topological polar surface area (TPSA) is 12.9 Å². The van der Waals surface area contributed by atoms with E-state index in [0.29, 0.717) is 0 Å². The van der Waals surface area contributed by atoms with Crippen molar-refractivity contribution < 1.29 is 0 Å². The van der Waals surface area contributed by atoms with Crippen molar-refractivity contribution in [1.82, 2.24) is 4.98 Å². The van der Waals surface area contributed by atoms with Gasteiger partial charge in [0.05, 0.1) is 10.7 Å². The maximum absolute atomic E-state index is 5.84. The van der Waals surface area contributed by atoms with E-state index in [0.717, 1.165) is 17.1 Å². The molecule has 0 saturated carbocycles. The Labute approximate surface area is 76.4 Å². The molecule has 1 aromatic rings. The lowest BCUT2D eigenvalue weighted by atomic mass is 10.3. The third-order valence-corrected chi connectivity index (χ3v) is 2.78. The number of nitrogens with zero attached hydrogens (tertiary/aromatic N) is 1. The molecule has 0 fully saturated rings. The highest BCUT2D eigenvalue weighted by Crippen LogP contribution is 2.18. The van der Waals surface area contributed by atoms with Gasteiger partial charge in [-0.15, -0.1) is 22.9 Å². The molecule has 0 aliphatic carbocycles. The summed E-state index contributed by atoms with van der Waals surface area (Å²) in [4.78, 5) is 5.69. The zero-order valence-corrected chi connectivity index (χ0v) is 8.59. The Balaban J connectivity index is 2.73. The smallest absolute Gasteiger partial charge is 0.0945 e. The predicted molar refractivity (Wildman–Crippen MR) is 50.6 cm³/mol. The van der Waals surface area contributed by atoms with Crippen LogP contribution in [-0.2, 0) is 6.42 Å². The quantitative estimate of drug-likeness (QED) is 0.652. The molecule has 0 bridgehead atoms. The summed E-state index contributed by atoms with van der Waals surface area (Å²) in [6, 6.07) is 0. The number of hydrogen-bond donors (Lipinski definition) is 0. The maximum Gasteiger partial charge on any atom is 0.0945 e. The Morgan fingerprint density at radius 2 is 2.18 bits per heavy atom. The number of alkyl halides is 1. The van der Waals surface area contributed by atoms with E-state index in [2.05, 4.69) is 11.9 Å². The van der Waals surface area contributed by atoms with E-state index in [1.54, 1.807) is 11.3 Å². The van der Waals surface area contributed by atoms with E-state index in [-0.39, 0.29) is 5.38 Å². The first-order chi connectivity index (χ1) is 5.09. The van der Waals surface area contributed by atoms with Crippen molar-refractivity contribution in [2.75, 3.05) is 0 Å². The van der Waals surface area contributed by atoms with Crippen molar-refractivity contribution >= 4 is 22.9 Å². The van der Waals surface area contributed by atoms with Gasteiger partial charge in [-0.05, 0) is 20.8 Å². The first-order valence-electron chi connectivity index (χ1n) is 3.66. The van der Waals surface area contributed by atoms with Crippen molar-refractivity contribution in [3.8, 4) is 0 Å². The number of aromatic nitrogens is 1. The largest absolute Gasteiger partial charge is 0.246 e. The monoisotopic (exact) mass is 189 g/mol. The van der Waals surface area contributed by atoms with Crippen LogP contribution in [0.5, 0.6) is 0 Å². The number of thiazole rings is 1. The maximum atomic E-state index is 5.84. The first-order valence-corrected chi connectivity index (χ1v) is 4.92. The Bertz CT molecular complexity index is 223. The Morgan fingerprint density at radius 3 is 2.55 bits per heavy atom. The molecular weight excluding hydrogens is 178 g/mol. The summed E-state index contributed by atoms with van der Waals surface area (Å²) >= 11 is 7.59. The lowest BCUT2D eigenvalue weighted by Crippen LogP contribution is -1.95. The average Bonchev–Trinajstić information content (AvgIpc) is 2.10. The molecule has 0 aromatic carbocycles. The summed E-state index contributed by atoms with van der Waals surface area (Å²) in [5, 5.41) is 1.35. The Kier molecular flexibility index (Phi) is 2.90. The fourth-order valence-electron chi connectivity index (χ4n) is 0.867. The fraction of sp³-hybridized carbons (Fsp3) is 0.625. The van der Waals surface area contributed by atoms with Crippen LogP contribution in [0.1, 0.15) is 22.5 Å². The highest BCUT2D eigenvalue weighted by Gasteiger charge is 2.05. The van der Waals surface area contributed by atoms with Crippen LogP contribution < -0.4 is 0 Å². The third kappa shape index (κ3) is 2.46. The number of hydrogen-bond acceptors (Lipinski definition) is 2. The zero-order valence-electron chi connectivity index (χ0n) is 7.02. The van der Waals surface area contributed by atoms with Gasteiger partial charge in [-0.1, -0.05) is 0 Å². The molecule has 3 heteroatoms. The second-order valence-corrected chi connectivity index (χ2v) is 4.77. The lowest BCUT2D eigenvalue weighted by Gasteiger charge is -1.95. The first kappa shape index (κ1) is 9.01. The van der Waals surface area contributed by atoms with E-state index >= 15 is 0 Å². The molecule has 1 heterocycles. The van der Waals surface area contributed by atoms with Crippen molar-refractivity contribution in [3.05, 3.63) is 15.6 Å². The Morgan fingerprint density at radius 1 is 1.55 bits per heavy atom. The van der Waals surface area contributed by atoms with Crippen LogP contribution in [0, 0.1) is 13.8 Å². The van der Waals surface area contributed by atoms with E-state index in [1.165, 1.54) is 4.88 Å². The van der Waals surface area contributed by atoms with E-state index in [4.69, 9.17) is 11.6 Å². The SMILES string of the molecule is Cc1nc(CC(C)Cl)sc1C. The molecule has 0 radical (unpaired) electrons. The highest BCUT2D eigenvalue weighted by atomic mass is 35.5. The van der Waals surface area contributed by atoms with Gasteiger partial charge in [0.2, 0.25) is 0 Å². The van der Waals surface area contributed by atoms with E-state index < -0.39 is 0 Å². The van der Waals surface area contributed by atoms with Crippen molar-refractivity contribution in [3.63, 3.8) is 0 Å². The van der Waals surface area contributed by atoms with Crippen LogP contribution in [-0.4, -0.2) is 10.4 Å². The number of aryl methyl sites for hydroxylation is 2. The minimum Gasteiger partial charge on any atom is -0.246 e. The minimum absolute atomic E-state index is 0.194. The van der Waals surface area contributed by atoms with E-state index in [1.807, 2.05) is 13.8 Å². The van der Waals surface area contributed by atoms with Gasteiger partial charge in [-0.3, -0.25) is 0 Å². The average molecular weight is 190 g/mol. The van der Waals surface area contributed by atoms with Gasteiger partial charge in [0, 0.05) is 16.7 Å². The van der Waals surface area contributed by atoms with Gasteiger partial charge in [0.25, 0.3) is 0 Å². The van der Waals surface area contributed by atoms with Gasteiger partial charge in [-0.25, -0.2) is 4.98 Å². The molecular formula is C8H12ClNS. The molecule has 0 amide bonds. The molecule has 0 saturated heterocycles. The van der Waals surface area contributed by atoms with Gasteiger partial charge in [0.1, 0.15) is 0 Å². The van der Waals surface area contributed by atoms with Crippen LogP contribution in [0.3, 0.4) is 0 Å². The molecule has 0 spiro atoms. The summed E-state index contributed by atoms with van der Waals surface area (Å²) in [5.74, 6) is 0. The number of halogens is 1. The standard InChI is InChI=1S/C8H12ClNS/c1-5(9)4-8-10-6(2)7(3)11-8/h5H,4H2,1-3H3. The predicted octanol–water partition coefficient (Wildman–Crippen LogP) is 2.93. The molecule has 1 aromatic heterocycles. The summed E-state index contributed by atoms with van der Waals surface area (Å²) in [6.45, 7) is 6.12. The van der Waals surface area contributed by atoms with Gasteiger partial charge in [0.15, 0.2) is 0 Å². The van der Waals surface area contributed by atoms with Crippen LogP contribution in [0.25, 0.3) is 0 Å². The zero-order chi connectivity index (χ0) is 8.43. The molecule has 0 N–H and O–H groups in total. The van der Waals surface area contributed by atoms with Gasteiger partial charge >= 0.3 is 0 Å². The summed E-state index contributed by atoms with van der Waals surface area (Å²) < 4.78 is 0. The summed E-state index contributed by atoms with van der Waals surface area (Å²) in [7, 11) is 0. The minimum atomic E-state index is 0.194. The van der Waals surface area contributed by atoms with Crippen LogP contribution in [0.15, 0.2) is 0 Å². The molecule has 1 unspecified atom stereocenters. The second kappa shape index (κ2) is 3.55. The van der Waals surface area contributed by atoms with Crippen LogP contribution in [0.4, 0.5) is 0 Å². The third-order valence-electron chi connectivity index (χ3n) is 1.53. The molecule has 62 valence electrons. The van der Waals surface area contributed by atoms with Crippen LogP contribution >= 0.6 is 22.9 Å². The fourth-order valence-corrected chi connectivity index (χ4v) is 2.17. The normalized spacial score (nSPS) is 13.5. The van der Waals surface area contributed by atoms with Crippen molar-refractivity contribution in [1.29, 1.82) is 0 Å². The molecule has 0 aliphatic heterocycles. The Hall–Kier alpha value is -0.0800.